The van der Waals surface area contributed by atoms with Gasteiger partial charge >= 0.3 is 0 Å². The van der Waals surface area contributed by atoms with Gasteiger partial charge in [0.2, 0.25) is 0 Å². The van der Waals surface area contributed by atoms with E-state index in [1.54, 1.807) is 4.68 Å². The van der Waals surface area contributed by atoms with Gasteiger partial charge in [-0.1, -0.05) is 18.2 Å². The van der Waals surface area contributed by atoms with Gasteiger partial charge < -0.3 is 5.32 Å². The second-order valence-electron chi connectivity index (χ2n) is 7.02. The van der Waals surface area contributed by atoms with Crippen molar-refractivity contribution in [3.05, 3.63) is 30.0 Å². The lowest BCUT2D eigenvalue weighted by atomic mass is 9.80. The molecule has 3 heterocycles. The molecule has 2 aromatic rings. The van der Waals surface area contributed by atoms with E-state index >= 15 is 0 Å². The van der Waals surface area contributed by atoms with Crippen LogP contribution in [-0.2, 0) is 7.05 Å². The SMILES string of the molecule is CN1C2CCCC1(NC(=O)c1nn(C)c3ccccc13)CCC2. The number of fused-ring (bicyclic) bond motifs is 3. The van der Waals surface area contributed by atoms with Gasteiger partial charge in [-0.05, 0) is 51.6 Å². The molecular weight excluding hydrogens is 288 g/mol. The van der Waals surface area contributed by atoms with Crippen LogP contribution in [-0.4, -0.2) is 39.3 Å². The molecule has 5 nitrogen and oxygen atoms in total. The standard InChI is InChI=1S/C18H24N4O/c1-21-13-7-5-11-18(21,12-6-8-13)19-17(23)16-14-9-3-4-10-15(14)22(2)20-16/h3-4,9-10,13H,5-8,11-12H2,1-2H3,(H,19,23). The first kappa shape index (κ1) is 14.7. The summed E-state index contributed by atoms with van der Waals surface area (Å²) < 4.78 is 1.79. The van der Waals surface area contributed by atoms with Crippen LogP contribution >= 0.6 is 0 Å². The number of benzene rings is 1. The molecule has 0 atom stereocenters. The first-order valence-electron chi connectivity index (χ1n) is 8.58. The number of rotatable bonds is 2. The predicted molar refractivity (Wildman–Crippen MR) is 90.2 cm³/mol. The summed E-state index contributed by atoms with van der Waals surface area (Å²) in [6, 6.07) is 8.52. The van der Waals surface area contributed by atoms with Crippen LogP contribution < -0.4 is 5.32 Å². The first-order valence-corrected chi connectivity index (χ1v) is 8.58. The van der Waals surface area contributed by atoms with Crippen molar-refractivity contribution in [2.45, 2.75) is 50.2 Å². The first-order chi connectivity index (χ1) is 11.1. The number of aryl methyl sites for hydroxylation is 1. The maximum Gasteiger partial charge on any atom is 0.273 e. The van der Waals surface area contributed by atoms with Gasteiger partial charge in [0.05, 0.1) is 11.2 Å². The molecule has 2 saturated heterocycles. The van der Waals surface area contributed by atoms with Crippen molar-refractivity contribution < 1.29 is 4.79 Å². The molecular formula is C18H24N4O. The minimum atomic E-state index is -0.184. The Kier molecular flexibility index (Phi) is 3.41. The summed E-state index contributed by atoms with van der Waals surface area (Å²) in [5.74, 6) is -0.0452. The van der Waals surface area contributed by atoms with Gasteiger partial charge in [-0.2, -0.15) is 5.10 Å². The molecule has 2 bridgehead atoms. The molecule has 4 rings (SSSR count). The van der Waals surface area contributed by atoms with Gasteiger partial charge in [0.15, 0.2) is 5.69 Å². The third kappa shape index (κ3) is 2.26. The monoisotopic (exact) mass is 312 g/mol. The molecule has 1 aromatic heterocycles. The van der Waals surface area contributed by atoms with E-state index in [1.165, 1.54) is 25.7 Å². The molecule has 5 heteroatoms. The number of nitrogens with zero attached hydrogens (tertiary/aromatic N) is 3. The third-order valence-electron chi connectivity index (χ3n) is 5.80. The fraction of sp³-hybridized carbons (Fsp3) is 0.556. The minimum Gasteiger partial charge on any atom is -0.332 e. The van der Waals surface area contributed by atoms with Crippen LogP contribution in [0, 0.1) is 0 Å². The Morgan fingerprint density at radius 2 is 1.91 bits per heavy atom. The molecule has 0 saturated carbocycles. The van der Waals surface area contributed by atoms with Crippen molar-refractivity contribution in [3.8, 4) is 0 Å². The van der Waals surface area contributed by atoms with Crippen molar-refractivity contribution in [2.24, 2.45) is 7.05 Å². The van der Waals surface area contributed by atoms with E-state index in [1.807, 2.05) is 31.3 Å². The Labute approximate surface area is 136 Å². The minimum absolute atomic E-state index is 0.0452. The topological polar surface area (TPSA) is 50.2 Å². The maximum absolute atomic E-state index is 13.0. The molecule has 0 aliphatic carbocycles. The van der Waals surface area contributed by atoms with Crippen molar-refractivity contribution in [1.29, 1.82) is 0 Å². The lowest BCUT2D eigenvalue weighted by Crippen LogP contribution is -2.66. The van der Waals surface area contributed by atoms with Crippen molar-refractivity contribution in [3.63, 3.8) is 0 Å². The quantitative estimate of drug-likeness (QED) is 0.927. The highest BCUT2D eigenvalue weighted by Crippen LogP contribution is 2.39. The summed E-state index contributed by atoms with van der Waals surface area (Å²) >= 11 is 0. The smallest absolute Gasteiger partial charge is 0.273 e. The van der Waals surface area contributed by atoms with Gasteiger partial charge in [0, 0.05) is 18.5 Å². The molecule has 0 spiro atoms. The summed E-state index contributed by atoms with van der Waals surface area (Å²) in [4.78, 5) is 15.4. The van der Waals surface area contributed by atoms with Crippen molar-refractivity contribution in [2.75, 3.05) is 7.05 Å². The lowest BCUT2D eigenvalue weighted by Gasteiger charge is -2.53. The number of hydrogen-bond acceptors (Lipinski definition) is 3. The maximum atomic E-state index is 13.0. The lowest BCUT2D eigenvalue weighted by molar-refractivity contribution is -0.0366. The zero-order valence-corrected chi connectivity index (χ0v) is 13.9. The van der Waals surface area contributed by atoms with Crippen LogP contribution in [0.1, 0.15) is 49.0 Å². The molecule has 2 aliphatic heterocycles. The number of aromatic nitrogens is 2. The molecule has 1 amide bonds. The van der Waals surface area contributed by atoms with Crippen LogP contribution in [0.4, 0.5) is 0 Å². The highest BCUT2D eigenvalue weighted by Gasteiger charge is 2.45. The number of para-hydroxylation sites is 1. The van der Waals surface area contributed by atoms with Gasteiger partial charge in [-0.25, -0.2) is 0 Å². The summed E-state index contributed by atoms with van der Waals surface area (Å²) in [6.07, 6.45) is 6.96. The molecule has 122 valence electrons. The van der Waals surface area contributed by atoms with Gasteiger partial charge in [-0.15, -0.1) is 0 Å². The number of piperidine rings is 2. The average molecular weight is 312 g/mol. The van der Waals surface area contributed by atoms with Crippen molar-refractivity contribution in [1.82, 2.24) is 20.0 Å². The third-order valence-corrected chi connectivity index (χ3v) is 5.80. The molecule has 23 heavy (non-hydrogen) atoms. The summed E-state index contributed by atoms with van der Waals surface area (Å²) in [5.41, 5.74) is 1.35. The predicted octanol–water partition coefficient (Wildman–Crippen LogP) is 2.67. The number of nitrogens with one attached hydrogen (secondary N) is 1. The number of carbonyl (C=O) groups excluding carboxylic acids is 1. The van der Waals surface area contributed by atoms with Crippen LogP contribution in [0.5, 0.6) is 0 Å². The second-order valence-corrected chi connectivity index (χ2v) is 7.02. The van der Waals surface area contributed by atoms with Crippen LogP contribution in [0.25, 0.3) is 10.9 Å². The fourth-order valence-electron chi connectivity index (χ4n) is 4.48. The number of hydrogen-bond donors (Lipinski definition) is 1. The Morgan fingerprint density at radius 1 is 1.22 bits per heavy atom. The Morgan fingerprint density at radius 3 is 2.65 bits per heavy atom. The number of amides is 1. The van der Waals surface area contributed by atoms with E-state index in [9.17, 15) is 4.79 Å². The fourth-order valence-corrected chi connectivity index (χ4v) is 4.48. The Balaban J connectivity index is 1.66. The molecule has 1 N–H and O–H groups in total. The molecule has 2 aliphatic rings. The van der Waals surface area contributed by atoms with E-state index in [4.69, 9.17) is 0 Å². The van der Waals surface area contributed by atoms with Crippen LogP contribution in [0.2, 0.25) is 0 Å². The molecule has 0 radical (unpaired) electrons. The summed E-state index contributed by atoms with van der Waals surface area (Å²) in [7, 11) is 4.06. The van der Waals surface area contributed by atoms with Crippen LogP contribution in [0.15, 0.2) is 24.3 Å². The summed E-state index contributed by atoms with van der Waals surface area (Å²) in [6.45, 7) is 0. The van der Waals surface area contributed by atoms with Gasteiger partial charge in [0.1, 0.15) is 0 Å². The zero-order valence-electron chi connectivity index (χ0n) is 13.9. The Hall–Kier alpha value is -1.88. The molecule has 2 fully saturated rings. The average Bonchev–Trinajstić information content (AvgIpc) is 2.87. The normalized spacial score (nSPS) is 28.0. The van der Waals surface area contributed by atoms with E-state index < -0.39 is 0 Å². The Bertz CT molecular complexity index is 741. The van der Waals surface area contributed by atoms with Gasteiger partial charge in [-0.3, -0.25) is 14.4 Å². The molecule has 0 unspecified atom stereocenters. The van der Waals surface area contributed by atoms with E-state index in [0.29, 0.717) is 11.7 Å². The largest absolute Gasteiger partial charge is 0.332 e. The van der Waals surface area contributed by atoms with Crippen LogP contribution in [0.3, 0.4) is 0 Å². The van der Waals surface area contributed by atoms with E-state index in [-0.39, 0.29) is 11.6 Å². The summed E-state index contributed by atoms with van der Waals surface area (Å²) in [5, 5.41) is 8.74. The van der Waals surface area contributed by atoms with E-state index in [0.717, 1.165) is 23.7 Å². The zero-order chi connectivity index (χ0) is 16.0. The highest BCUT2D eigenvalue weighted by atomic mass is 16.2. The number of carbonyl (C=O) groups is 1. The van der Waals surface area contributed by atoms with E-state index in [2.05, 4.69) is 22.4 Å². The second kappa shape index (κ2) is 5.34. The van der Waals surface area contributed by atoms with Crippen molar-refractivity contribution >= 4 is 16.8 Å². The highest BCUT2D eigenvalue weighted by molar-refractivity contribution is 6.05. The van der Waals surface area contributed by atoms with Gasteiger partial charge in [0.25, 0.3) is 5.91 Å². The molecule has 1 aromatic carbocycles.